The van der Waals surface area contributed by atoms with Gasteiger partial charge in [0.15, 0.2) is 5.82 Å². The first-order valence-electron chi connectivity index (χ1n) is 7.85. The quantitative estimate of drug-likeness (QED) is 0.731. The third-order valence-corrected chi connectivity index (χ3v) is 3.99. The topological polar surface area (TPSA) is 86.9 Å². The van der Waals surface area contributed by atoms with Crippen LogP contribution in [-0.4, -0.2) is 37.6 Å². The molecule has 1 N–H and O–H groups in total. The second kappa shape index (κ2) is 7.16. The molecule has 0 aliphatic carbocycles. The SMILES string of the molecule is COc1ccc(Cn2cc(C(=O)NCc3nnc(C)n3C)cn2)cc1. The molecule has 0 fully saturated rings. The number of nitrogens with zero attached hydrogens (tertiary/aromatic N) is 5. The molecule has 0 unspecified atom stereocenters. The van der Waals surface area contributed by atoms with E-state index in [9.17, 15) is 4.79 Å². The third-order valence-electron chi connectivity index (χ3n) is 3.99. The summed E-state index contributed by atoms with van der Waals surface area (Å²) >= 11 is 0. The Morgan fingerprint density at radius 1 is 1.24 bits per heavy atom. The molecule has 0 saturated carbocycles. The van der Waals surface area contributed by atoms with Crippen LogP contribution in [0, 0.1) is 6.92 Å². The van der Waals surface area contributed by atoms with Gasteiger partial charge in [0.25, 0.3) is 5.91 Å². The summed E-state index contributed by atoms with van der Waals surface area (Å²) in [5.41, 5.74) is 1.58. The number of carbonyl (C=O) groups is 1. The van der Waals surface area contributed by atoms with Gasteiger partial charge in [-0.3, -0.25) is 9.48 Å². The van der Waals surface area contributed by atoms with Crippen molar-refractivity contribution in [3.05, 3.63) is 59.4 Å². The molecule has 0 saturated heterocycles. The number of hydrogen-bond acceptors (Lipinski definition) is 5. The van der Waals surface area contributed by atoms with Gasteiger partial charge in [0, 0.05) is 13.2 Å². The van der Waals surface area contributed by atoms with Crippen LogP contribution >= 0.6 is 0 Å². The van der Waals surface area contributed by atoms with Crippen molar-refractivity contribution in [1.29, 1.82) is 0 Å². The largest absolute Gasteiger partial charge is 0.497 e. The molecule has 1 amide bonds. The zero-order chi connectivity index (χ0) is 17.8. The lowest BCUT2D eigenvalue weighted by atomic mass is 10.2. The molecule has 1 aromatic carbocycles. The Bertz CT molecular complexity index is 866. The smallest absolute Gasteiger partial charge is 0.254 e. The van der Waals surface area contributed by atoms with Crippen molar-refractivity contribution < 1.29 is 9.53 Å². The molecule has 130 valence electrons. The maximum atomic E-state index is 12.2. The van der Waals surface area contributed by atoms with Crippen LogP contribution in [0.1, 0.15) is 27.6 Å². The Morgan fingerprint density at radius 3 is 2.64 bits per heavy atom. The molecular weight excluding hydrogens is 320 g/mol. The normalized spacial score (nSPS) is 10.7. The van der Waals surface area contributed by atoms with Crippen LogP contribution in [-0.2, 0) is 20.1 Å². The minimum absolute atomic E-state index is 0.193. The van der Waals surface area contributed by atoms with Crippen molar-refractivity contribution in [3.8, 4) is 5.75 Å². The van der Waals surface area contributed by atoms with Gasteiger partial charge in [-0.15, -0.1) is 10.2 Å². The summed E-state index contributed by atoms with van der Waals surface area (Å²) in [7, 11) is 3.50. The van der Waals surface area contributed by atoms with Crippen molar-refractivity contribution >= 4 is 5.91 Å². The summed E-state index contributed by atoms with van der Waals surface area (Å²) in [6.07, 6.45) is 3.28. The number of hydrogen-bond donors (Lipinski definition) is 1. The lowest BCUT2D eigenvalue weighted by molar-refractivity contribution is 0.0949. The molecule has 25 heavy (non-hydrogen) atoms. The summed E-state index contributed by atoms with van der Waals surface area (Å²) in [6.45, 7) is 2.76. The van der Waals surface area contributed by atoms with E-state index in [1.807, 2.05) is 42.8 Å². The van der Waals surface area contributed by atoms with E-state index in [1.165, 1.54) is 0 Å². The maximum Gasteiger partial charge on any atom is 0.254 e. The first-order chi connectivity index (χ1) is 12.1. The molecule has 0 spiro atoms. The monoisotopic (exact) mass is 340 g/mol. The number of carbonyl (C=O) groups excluding carboxylic acids is 1. The van der Waals surface area contributed by atoms with Crippen LogP contribution in [0.15, 0.2) is 36.7 Å². The highest BCUT2D eigenvalue weighted by Crippen LogP contribution is 2.12. The minimum Gasteiger partial charge on any atom is -0.497 e. The zero-order valence-electron chi connectivity index (χ0n) is 14.4. The van der Waals surface area contributed by atoms with Crippen LogP contribution in [0.3, 0.4) is 0 Å². The first kappa shape index (κ1) is 16.7. The predicted molar refractivity (Wildman–Crippen MR) is 91.2 cm³/mol. The highest BCUT2D eigenvalue weighted by Gasteiger charge is 2.11. The van der Waals surface area contributed by atoms with E-state index in [2.05, 4.69) is 20.6 Å². The average molecular weight is 340 g/mol. The number of benzene rings is 1. The summed E-state index contributed by atoms with van der Waals surface area (Å²) in [4.78, 5) is 12.2. The van der Waals surface area contributed by atoms with Gasteiger partial charge in [0.2, 0.25) is 0 Å². The van der Waals surface area contributed by atoms with Crippen LogP contribution in [0.5, 0.6) is 5.75 Å². The van der Waals surface area contributed by atoms with Crippen LogP contribution in [0.4, 0.5) is 0 Å². The molecule has 8 heteroatoms. The molecular formula is C17H20N6O2. The molecule has 3 aromatic rings. The van der Waals surface area contributed by atoms with Crippen molar-refractivity contribution in [2.24, 2.45) is 7.05 Å². The Kier molecular flexibility index (Phi) is 4.78. The van der Waals surface area contributed by atoms with Gasteiger partial charge < -0.3 is 14.6 Å². The van der Waals surface area contributed by atoms with Gasteiger partial charge in [-0.05, 0) is 24.6 Å². The van der Waals surface area contributed by atoms with Crippen LogP contribution in [0.25, 0.3) is 0 Å². The number of methoxy groups -OCH3 is 1. The number of aromatic nitrogens is 5. The van der Waals surface area contributed by atoms with E-state index in [4.69, 9.17) is 4.74 Å². The second-order valence-corrected chi connectivity index (χ2v) is 5.68. The van der Waals surface area contributed by atoms with Gasteiger partial charge in [-0.25, -0.2) is 0 Å². The molecule has 0 aliphatic heterocycles. The zero-order valence-corrected chi connectivity index (χ0v) is 14.4. The van der Waals surface area contributed by atoms with Crippen LogP contribution in [0.2, 0.25) is 0 Å². The van der Waals surface area contributed by atoms with Crippen molar-refractivity contribution in [2.75, 3.05) is 7.11 Å². The Balaban J connectivity index is 1.60. The molecule has 2 heterocycles. The summed E-state index contributed by atoms with van der Waals surface area (Å²) in [5.74, 6) is 2.12. The third kappa shape index (κ3) is 3.85. The molecule has 8 nitrogen and oxygen atoms in total. The lowest BCUT2D eigenvalue weighted by Gasteiger charge is -2.04. The fourth-order valence-corrected chi connectivity index (χ4v) is 2.35. The van der Waals surface area contributed by atoms with E-state index in [-0.39, 0.29) is 5.91 Å². The highest BCUT2D eigenvalue weighted by atomic mass is 16.5. The van der Waals surface area contributed by atoms with Crippen molar-refractivity contribution in [2.45, 2.75) is 20.0 Å². The summed E-state index contributed by atoms with van der Waals surface area (Å²) in [5, 5.41) is 15.1. The van der Waals surface area contributed by atoms with Gasteiger partial charge in [-0.1, -0.05) is 12.1 Å². The van der Waals surface area contributed by atoms with Crippen molar-refractivity contribution in [3.63, 3.8) is 0 Å². The van der Waals surface area contributed by atoms with Gasteiger partial charge in [-0.2, -0.15) is 5.10 Å². The van der Waals surface area contributed by atoms with Crippen molar-refractivity contribution in [1.82, 2.24) is 29.9 Å². The first-order valence-corrected chi connectivity index (χ1v) is 7.85. The van der Waals surface area contributed by atoms with E-state index in [0.717, 1.165) is 17.1 Å². The summed E-state index contributed by atoms with van der Waals surface area (Å²) in [6, 6.07) is 7.73. The Morgan fingerprint density at radius 2 is 2.00 bits per heavy atom. The molecule has 0 aliphatic rings. The van der Waals surface area contributed by atoms with E-state index in [0.29, 0.717) is 24.5 Å². The average Bonchev–Trinajstić information content (AvgIpc) is 3.21. The van der Waals surface area contributed by atoms with Gasteiger partial charge in [0.1, 0.15) is 11.6 Å². The molecule has 2 aromatic heterocycles. The van der Waals surface area contributed by atoms with E-state index < -0.39 is 0 Å². The fraction of sp³-hybridized carbons (Fsp3) is 0.294. The number of aryl methyl sites for hydroxylation is 1. The standard InChI is InChI=1S/C17H20N6O2/c1-12-20-21-16(22(12)2)9-18-17(24)14-8-19-23(11-14)10-13-4-6-15(25-3)7-5-13/h4-8,11H,9-10H2,1-3H3,(H,18,24). The maximum absolute atomic E-state index is 12.2. The summed E-state index contributed by atoms with van der Waals surface area (Å²) < 4.78 is 8.71. The predicted octanol–water partition coefficient (Wildman–Crippen LogP) is 1.31. The van der Waals surface area contributed by atoms with E-state index >= 15 is 0 Å². The molecule has 0 atom stereocenters. The molecule has 0 bridgehead atoms. The highest BCUT2D eigenvalue weighted by molar-refractivity contribution is 5.93. The fourth-order valence-electron chi connectivity index (χ4n) is 2.35. The second-order valence-electron chi connectivity index (χ2n) is 5.68. The van der Waals surface area contributed by atoms with Gasteiger partial charge >= 0.3 is 0 Å². The number of nitrogens with one attached hydrogen (secondary N) is 1. The molecule has 0 radical (unpaired) electrons. The Hall–Kier alpha value is -3.16. The number of rotatable bonds is 6. The van der Waals surface area contributed by atoms with E-state index in [1.54, 1.807) is 24.2 Å². The number of ether oxygens (including phenoxy) is 1. The lowest BCUT2D eigenvalue weighted by Crippen LogP contribution is -2.24. The molecule has 3 rings (SSSR count). The number of amides is 1. The Labute approximate surface area is 145 Å². The van der Waals surface area contributed by atoms with Gasteiger partial charge in [0.05, 0.1) is 32.0 Å². The minimum atomic E-state index is -0.193. The van der Waals surface area contributed by atoms with Crippen LogP contribution < -0.4 is 10.1 Å².